The van der Waals surface area contributed by atoms with Crippen molar-refractivity contribution in [3.05, 3.63) is 22.8 Å². The zero-order valence-corrected chi connectivity index (χ0v) is 18.8. The molecule has 0 N–H and O–H groups in total. The Morgan fingerprint density at radius 3 is 2.38 bits per heavy atom. The van der Waals surface area contributed by atoms with E-state index < -0.39 is 35.9 Å². The van der Waals surface area contributed by atoms with Gasteiger partial charge in [0, 0.05) is 24.0 Å². The molecule has 174 valence electrons. The van der Waals surface area contributed by atoms with Crippen LogP contribution in [0.2, 0.25) is 0 Å². The van der Waals surface area contributed by atoms with Crippen molar-refractivity contribution in [1.82, 2.24) is 4.90 Å². The van der Waals surface area contributed by atoms with E-state index in [0.29, 0.717) is 29.0 Å². The van der Waals surface area contributed by atoms with E-state index in [1.165, 1.54) is 33.3 Å². The van der Waals surface area contributed by atoms with Crippen molar-refractivity contribution in [1.29, 1.82) is 0 Å². The highest BCUT2D eigenvalue weighted by molar-refractivity contribution is 6.02. The van der Waals surface area contributed by atoms with E-state index >= 15 is 0 Å². The van der Waals surface area contributed by atoms with Crippen LogP contribution in [0, 0.1) is 5.92 Å². The molecule has 10 nitrogen and oxygen atoms in total. The first-order valence-corrected chi connectivity index (χ1v) is 10.2. The molecule has 0 aromatic heterocycles. The lowest BCUT2D eigenvalue weighted by atomic mass is 9.96. The van der Waals surface area contributed by atoms with E-state index in [1.54, 1.807) is 13.0 Å². The summed E-state index contributed by atoms with van der Waals surface area (Å²) in [5.74, 6) is -1.44. The highest BCUT2D eigenvalue weighted by atomic mass is 16.5. The van der Waals surface area contributed by atoms with E-state index in [1.807, 2.05) is 0 Å². The predicted molar refractivity (Wildman–Crippen MR) is 109 cm³/mol. The summed E-state index contributed by atoms with van der Waals surface area (Å²) in [4.78, 5) is 50.5. The second kappa shape index (κ2) is 9.46. The van der Waals surface area contributed by atoms with Gasteiger partial charge in [-0.2, -0.15) is 0 Å². The van der Waals surface area contributed by atoms with Gasteiger partial charge in [0.15, 0.2) is 0 Å². The van der Waals surface area contributed by atoms with Crippen LogP contribution in [0.5, 0.6) is 11.5 Å². The lowest BCUT2D eigenvalue weighted by Crippen LogP contribution is -2.42. The summed E-state index contributed by atoms with van der Waals surface area (Å²) < 4.78 is 25.9. The van der Waals surface area contributed by atoms with E-state index in [-0.39, 0.29) is 25.4 Å². The number of carbonyl (C=O) groups excluding carboxylic acids is 4. The van der Waals surface area contributed by atoms with Gasteiger partial charge >= 0.3 is 17.9 Å². The van der Waals surface area contributed by atoms with Gasteiger partial charge in [-0.25, -0.2) is 4.79 Å². The SMILES string of the molecule is COC(=O)CCC(C(=O)OC)N1Cc2c(cc3c(c2OC)C[C@@H]([C@@H](C)C(=O)OC)O3)C1=O. The topological polar surface area (TPSA) is 118 Å². The molecule has 1 amide bonds. The number of hydrogen-bond acceptors (Lipinski definition) is 9. The molecule has 0 saturated carbocycles. The van der Waals surface area contributed by atoms with Gasteiger partial charge < -0.3 is 28.6 Å². The molecular weight excluding hydrogens is 422 g/mol. The van der Waals surface area contributed by atoms with Crippen molar-refractivity contribution >= 4 is 23.8 Å². The quantitative estimate of drug-likeness (QED) is 0.427. The monoisotopic (exact) mass is 449 g/mol. The van der Waals surface area contributed by atoms with Crippen LogP contribution in [0.3, 0.4) is 0 Å². The number of amides is 1. The fourth-order valence-electron chi connectivity index (χ4n) is 4.18. The molecule has 0 bridgehead atoms. The smallest absolute Gasteiger partial charge is 0.328 e. The van der Waals surface area contributed by atoms with Crippen LogP contribution >= 0.6 is 0 Å². The third kappa shape index (κ3) is 4.09. The number of rotatable bonds is 8. The van der Waals surface area contributed by atoms with Crippen molar-refractivity contribution in [2.24, 2.45) is 5.92 Å². The first-order chi connectivity index (χ1) is 15.3. The van der Waals surface area contributed by atoms with E-state index in [0.717, 1.165) is 5.56 Å². The van der Waals surface area contributed by atoms with Crippen molar-refractivity contribution in [2.75, 3.05) is 28.4 Å². The summed E-state index contributed by atoms with van der Waals surface area (Å²) in [7, 11) is 5.30. The van der Waals surface area contributed by atoms with Gasteiger partial charge in [-0.1, -0.05) is 0 Å². The average molecular weight is 449 g/mol. The van der Waals surface area contributed by atoms with Crippen LogP contribution in [0.25, 0.3) is 0 Å². The third-order valence-electron chi connectivity index (χ3n) is 5.98. The lowest BCUT2D eigenvalue weighted by Gasteiger charge is -2.25. The molecule has 0 fully saturated rings. The number of methoxy groups -OCH3 is 4. The lowest BCUT2D eigenvalue weighted by molar-refractivity contribution is -0.148. The van der Waals surface area contributed by atoms with Crippen LogP contribution in [0.4, 0.5) is 0 Å². The molecule has 1 unspecified atom stereocenters. The van der Waals surface area contributed by atoms with E-state index in [9.17, 15) is 19.2 Å². The summed E-state index contributed by atoms with van der Waals surface area (Å²) in [6.45, 7) is 1.83. The Hall–Kier alpha value is -3.30. The molecule has 3 rings (SSSR count). The van der Waals surface area contributed by atoms with E-state index in [4.69, 9.17) is 18.9 Å². The molecule has 32 heavy (non-hydrogen) atoms. The van der Waals surface area contributed by atoms with Gasteiger partial charge in [-0.05, 0) is 19.4 Å². The van der Waals surface area contributed by atoms with Crippen LogP contribution < -0.4 is 9.47 Å². The zero-order chi connectivity index (χ0) is 23.6. The second-order valence-corrected chi connectivity index (χ2v) is 7.67. The molecule has 10 heteroatoms. The van der Waals surface area contributed by atoms with Crippen molar-refractivity contribution in [3.63, 3.8) is 0 Å². The Kier molecular flexibility index (Phi) is 6.90. The maximum Gasteiger partial charge on any atom is 0.328 e. The molecule has 2 aliphatic heterocycles. The molecule has 2 heterocycles. The fourth-order valence-corrected chi connectivity index (χ4v) is 4.18. The number of fused-ring (bicyclic) bond motifs is 2. The first kappa shape index (κ1) is 23.4. The molecule has 1 aromatic carbocycles. The Bertz CT molecular complexity index is 942. The largest absolute Gasteiger partial charge is 0.496 e. The number of esters is 3. The second-order valence-electron chi connectivity index (χ2n) is 7.67. The number of ether oxygens (including phenoxy) is 5. The summed E-state index contributed by atoms with van der Waals surface area (Å²) in [5.41, 5.74) is 1.72. The van der Waals surface area contributed by atoms with Crippen LogP contribution in [0.1, 0.15) is 41.3 Å². The maximum absolute atomic E-state index is 13.2. The molecule has 0 saturated heterocycles. The summed E-state index contributed by atoms with van der Waals surface area (Å²) in [6.07, 6.45) is -0.00166. The van der Waals surface area contributed by atoms with Gasteiger partial charge in [-0.15, -0.1) is 0 Å². The minimum atomic E-state index is -0.952. The predicted octanol–water partition coefficient (Wildman–Crippen LogP) is 1.26. The standard InChI is InChI=1S/C22H27NO9/c1-11(21(26)30-4)16-9-13-17(32-16)8-12-14(19(13)29-3)10-23(20(12)25)15(22(27)31-5)6-7-18(24)28-2/h8,11,15-16H,6-7,9-10H2,1-5H3/t11-,15?,16+/m1/s1. The van der Waals surface area contributed by atoms with Crippen LogP contribution in [0.15, 0.2) is 6.07 Å². The fraction of sp³-hybridized carbons (Fsp3) is 0.545. The van der Waals surface area contributed by atoms with Crippen molar-refractivity contribution in [3.8, 4) is 11.5 Å². The number of nitrogens with zero attached hydrogens (tertiary/aromatic N) is 1. The average Bonchev–Trinajstić information content (AvgIpc) is 3.37. The van der Waals surface area contributed by atoms with Gasteiger partial charge in [0.25, 0.3) is 5.91 Å². The Morgan fingerprint density at radius 2 is 1.78 bits per heavy atom. The highest BCUT2D eigenvalue weighted by Crippen LogP contribution is 2.45. The van der Waals surface area contributed by atoms with Crippen molar-refractivity contribution < 1.29 is 42.9 Å². The maximum atomic E-state index is 13.2. The third-order valence-corrected chi connectivity index (χ3v) is 5.98. The van der Waals surface area contributed by atoms with E-state index in [2.05, 4.69) is 4.74 Å². The number of benzene rings is 1. The molecule has 1 aromatic rings. The summed E-state index contributed by atoms with van der Waals surface area (Å²) in [5, 5.41) is 0. The molecular formula is C22H27NO9. The molecule has 0 spiro atoms. The number of hydrogen-bond donors (Lipinski definition) is 0. The first-order valence-electron chi connectivity index (χ1n) is 10.2. The van der Waals surface area contributed by atoms with Gasteiger partial charge in [0.05, 0.1) is 46.5 Å². The minimum absolute atomic E-state index is 0.0414. The molecule has 0 radical (unpaired) electrons. The number of carbonyl (C=O) groups is 4. The van der Waals surface area contributed by atoms with Crippen LogP contribution in [-0.2, 0) is 41.6 Å². The molecule has 0 aliphatic carbocycles. The van der Waals surface area contributed by atoms with Crippen LogP contribution in [-0.4, -0.2) is 69.3 Å². The van der Waals surface area contributed by atoms with Crippen molar-refractivity contribution in [2.45, 2.75) is 44.9 Å². The summed E-state index contributed by atoms with van der Waals surface area (Å²) >= 11 is 0. The molecule has 2 aliphatic rings. The Balaban J connectivity index is 1.90. The van der Waals surface area contributed by atoms with Gasteiger partial charge in [-0.3, -0.25) is 14.4 Å². The Labute approximate surface area is 185 Å². The van der Waals surface area contributed by atoms with Gasteiger partial charge in [0.1, 0.15) is 23.6 Å². The minimum Gasteiger partial charge on any atom is -0.496 e. The molecule has 3 atom stereocenters. The normalized spacial score (nSPS) is 18.2. The zero-order valence-electron chi connectivity index (χ0n) is 18.8. The van der Waals surface area contributed by atoms with Gasteiger partial charge in [0.2, 0.25) is 0 Å². The highest BCUT2D eigenvalue weighted by Gasteiger charge is 2.43. The summed E-state index contributed by atoms with van der Waals surface area (Å²) in [6, 6.07) is 0.667. The Morgan fingerprint density at radius 1 is 1.09 bits per heavy atom.